The maximum absolute atomic E-state index is 11.1. The first-order valence-electron chi connectivity index (χ1n) is 6.56. The highest BCUT2D eigenvalue weighted by Gasteiger charge is 2.14. The van der Waals surface area contributed by atoms with Gasteiger partial charge in [0.05, 0.1) is 5.56 Å². The third-order valence-corrected chi connectivity index (χ3v) is 4.82. The lowest BCUT2D eigenvalue weighted by molar-refractivity contribution is 0.0702. The van der Waals surface area contributed by atoms with Crippen molar-refractivity contribution >= 4 is 34.4 Å². The molecule has 2 N–H and O–H groups in total. The Kier molecular flexibility index (Phi) is 3.42. The number of aromatic carboxylic acids is 1. The molecule has 3 rings (SSSR count). The van der Waals surface area contributed by atoms with E-state index in [2.05, 4.69) is 0 Å². The quantitative estimate of drug-likeness (QED) is 0.714. The number of hydrogen-bond donors (Lipinski definition) is 2. The van der Waals surface area contributed by atoms with Crippen LogP contribution in [-0.4, -0.2) is 22.5 Å². The molecule has 0 atom stereocenters. The van der Waals surface area contributed by atoms with Gasteiger partial charge in [0, 0.05) is 4.88 Å². The monoisotopic (exact) mass is 312 g/mol. The molecule has 0 amide bonds. The van der Waals surface area contributed by atoms with Gasteiger partial charge in [0.2, 0.25) is 0 Å². The fourth-order valence-corrected chi connectivity index (χ4v) is 3.49. The van der Waals surface area contributed by atoms with Gasteiger partial charge in [-0.2, -0.15) is 0 Å². The van der Waals surface area contributed by atoms with Crippen molar-refractivity contribution in [1.82, 2.24) is 0 Å². The van der Waals surface area contributed by atoms with Gasteiger partial charge in [-0.05, 0) is 47.0 Å². The predicted octanol–water partition coefficient (Wildman–Crippen LogP) is 4.09. The van der Waals surface area contributed by atoms with E-state index in [4.69, 9.17) is 5.11 Å². The first-order valence-corrected chi connectivity index (χ1v) is 7.38. The van der Waals surface area contributed by atoms with Crippen LogP contribution in [0.15, 0.2) is 36.4 Å². The minimum absolute atomic E-state index is 0.0456. The summed E-state index contributed by atoms with van der Waals surface area (Å²) in [5.74, 6) is -0.982. The highest BCUT2D eigenvalue weighted by molar-refractivity contribution is 7.17. The summed E-state index contributed by atoms with van der Waals surface area (Å²) in [7, 11) is 0. The van der Waals surface area contributed by atoms with Crippen LogP contribution in [0, 0.1) is 6.92 Å². The fourth-order valence-electron chi connectivity index (χ4n) is 2.48. The number of thiophene rings is 1. The third kappa shape index (κ3) is 2.25. The second kappa shape index (κ2) is 5.27. The third-order valence-electron chi connectivity index (χ3n) is 3.55. The van der Waals surface area contributed by atoms with Crippen LogP contribution in [0.4, 0.5) is 0 Å². The summed E-state index contributed by atoms with van der Waals surface area (Å²) in [6.45, 7) is 1.87. The lowest BCUT2D eigenvalue weighted by Crippen LogP contribution is -1.89. The van der Waals surface area contributed by atoms with Crippen molar-refractivity contribution in [2.24, 2.45) is 0 Å². The number of carbonyl (C=O) groups is 2. The summed E-state index contributed by atoms with van der Waals surface area (Å²) < 4.78 is 0. The van der Waals surface area contributed by atoms with Crippen molar-refractivity contribution in [1.29, 1.82) is 0 Å². The number of carboxylic acids is 1. The van der Waals surface area contributed by atoms with E-state index in [-0.39, 0.29) is 11.3 Å². The average molecular weight is 312 g/mol. The standard InChI is InChI=1S/C17H12O4S/c1-9-6-15(17(20)21)22-16(9)11-2-4-12-10(7-11)3-5-14(19)13(12)8-18/h2-8,19H,1H3,(H,20,21). The topological polar surface area (TPSA) is 74.6 Å². The molecule has 4 nitrogen and oxygen atoms in total. The molecule has 0 bridgehead atoms. The summed E-state index contributed by atoms with van der Waals surface area (Å²) in [4.78, 5) is 23.4. The number of rotatable bonds is 3. The molecule has 2 aromatic carbocycles. The van der Waals surface area contributed by atoms with Gasteiger partial charge in [-0.15, -0.1) is 11.3 Å². The summed E-state index contributed by atoms with van der Waals surface area (Å²) in [5, 5.41) is 20.3. The first kappa shape index (κ1) is 14.3. The minimum Gasteiger partial charge on any atom is -0.507 e. The van der Waals surface area contributed by atoms with Crippen LogP contribution in [0.1, 0.15) is 25.6 Å². The van der Waals surface area contributed by atoms with E-state index in [1.54, 1.807) is 18.2 Å². The van der Waals surface area contributed by atoms with E-state index < -0.39 is 5.97 Å². The zero-order valence-electron chi connectivity index (χ0n) is 11.7. The van der Waals surface area contributed by atoms with Crippen LogP contribution < -0.4 is 0 Å². The van der Waals surface area contributed by atoms with Gasteiger partial charge in [0.1, 0.15) is 10.6 Å². The average Bonchev–Trinajstić information content (AvgIpc) is 2.89. The van der Waals surface area contributed by atoms with E-state index in [0.717, 1.165) is 21.4 Å². The Morgan fingerprint density at radius 2 is 1.95 bits per heavy atom. The second-order valence-corrected chi connectivity index (χ2v) is 6.03. The molecular formula is C17H12O4S. The second-order valence-electron chi connectivity index (χ2n) is 4.98. The molecule has 0 radical (unpaired) electrons. The Labute approximate surface area is 130 Å². The van der Waals surface area contributed by atoms with Crippen LogP contribution in [0.25, 0.3) is 21.2 Å². The van der Waals surface area contributed by atoms with Gasteiger partial charge in [-0.25, -0.2) is 4.79 Å². The minimum atomic E-state index is -0.937. The highest BCUT2D eigenvalue weighted by Crippen LogP contribution is 2.35. The van der Waals surface area contributed by atoms with E-state index in [1.807, 2.05) is 19.1 Å². The summed E-state index contributed by atoms with van der Waals surface area (Å²) in [5.41, 5.74) is 2.05. The predicted molar refractivity (Wildman–Crippen MR) is 86.0 cm³/mol. The van der Waals surface area contributed by atoms with Crippen molar-refractivity contribution in [2.75, 3.05) is 0 Å². The number of phenols is 1. The molecule has 0 aliphatic carbocycles. The van der Waals surface area contributed by atoms with Crippen LogP contribution in [0.3, 0.4) is 0 Å². The molecular weight excluding hydrogens is 300 g/mol. The van der Waals surface area contributed by atoms with Crippen molar-refractivity contribution < 1.29 is 19.8 Å². The number of phenolic OH excluding ortho intramolecular Hbond substituents is 1. The van der Waals surface area contributed by atoms with Gasteiger partial charge in [0.25, 0.3) is 0 Å². The van der Waals surface area contributed by atoms with E-state index in [9.17, 15) is 14.7 Å². The zero-order chi connectivity index (χ0) is 15.9. The smallest absolute Gasteiger partial charge is 0.345 e. The SMILES string of the molecule is Cc1cc(C(=O)O)sc1-c1ccc2c(C=O)c(O)ccc2c1. The molecule has 0 aliphatic heterocycles. The summed E-state index contributed by atoms with van der Waals surface area (Å²) >= 11 is 1.22. The van der Waals surface area contributed by atoms with Crippen molar-refractivity contribution in [2.45, 2.75) is 6.92 Å². The lowest BCUT2D eigenvalue weighted by atomic mass is 10.0. The molecule has 1 aromatic heterocycles. The molecule has 0 fully saturated rings. The fraction of sp³-hybridized carbons (Fsp3) is 0.0588. The van der Waals surface area contributed by atoms with Crippen LogP contribution >= 0.6 is 11.3 Å². The molecule has 1 heterocycles. The molecule has 0 unspecified atom stereocenters. The van der Waals surface area contributed by atoms with Gasteiger partial charge < -0.3 is 10.2 Å². The van der Waals surface area contributed by atoms with E-state index in [1.165, 1.54) is 17.4 Å². The lowest BCUT2D eigenvalue weighted by Gasteiger charge is -2.06. The van der Waals surface area contributed by atoms with Crippen LogP contribution in [-0.2, 0) is 0 Å². The molecule has 22 heavy (non-hydrogen) atoms. The number of carboxylic acid groups (broad SMARTS) is 1. The molecule has 0 saturated heterocycles. The Hall–Kier alpha value is -2.66. The zero-order valence-corrected chi connectivity index (χ0v) is 12.5. The Balaban J connectivity index is 2.19. The molecule has 5 heteroatoms. The summed E-state index contributed by atoms with van der Waals surface area (Å²) in [6.07, 6.45) is 0.635. The number of benzene rings is 2. The maximum Gasteiger partial charge on any atom is 0.345 e. The maximum atomic E-state index is 11.1. The Morgan fingerprint density at radius 3 is 2.59 bits per heavy atom. The molecule has 3 aromatic rings. The number of aromatic hydroxyl groups is 1. The van der Waals surface area contributed by atoms with Gasteiger partial charge in [-0.3, -0.25) is 4.79 Å². The Morgan fingerprint density at radius 1 is 1.18 bits per heavy atom. The normalized spacial score (nSPS) is 10.8. The molecule has 0 aliphatic rings. The number of carbonyl (C=O) groups excluding carboxylic acids is 1. The van der Waals surface area contributed by atoms with Crippen LogP contribution in [0.5, 0.6) is 5.75 Å². The number of fused-ring (bicyclic) bond motifs is 1. The van der Waals surface area contributed by atoms with E-state index >= 15 is 0 Å². The first-order chi connectivity index (χ1) is 10.5. The number of hydrogen-bond acceptors (Lipinski definition) is 4. The molecule has 110 valence electrons. The van der Waals surface area contributed by atoms with Crippen molar-refractivity contribution in [3.8, 4) is 16.2 Å². The largest absolute Gasteiger partial charge is 0.507 e. The number of aryl methyl sites for hydroxylation is 1. The van der Waals surface area contributed by atoms with Crippen molar-refractivity contribution in [3.05, 3.63) is 52.4 Å². The Bertz CT molecular complexity index is 908. The highest BCUT2D eigenvalue weighted by atomic mass is 32.1. The number of aldehydes is 1. The van der Waals surface area contributed by atoms with Gasteiger partial charge in [-0.1, -0.05) is 18.2 Å². The molecule has 0 saturated carbocycles. The molecule has 0 spiro atoms. The van der Waals surface area contributed by atoms with E-state index in [0.29, 0.717) is 16.5 Å². The van der Waals surface area contributed by atoms with Crippen LogP contribution in [0.2, 0.25) is 0 Å². The van der Waals surface area contributed by atoms with Gasteiger partial charge >= 0.3 is 5.97 Å². The van der Waals surface area contributed by atoms with Crippen molar-refractivity contribution in [3.63, 3.8) is 0 Å². The van der Waals surface area contributed by atoms with Gasteiger partial charge in [0.15, 0.2) is 6.29 Å². The summed E-state index contributed by atoms with van der Waals surface area (Å²) in [6, 6.07) is 10.4.